The van der Waals surface area contributed by atoms with Crippen molar-refractivity contribution in [2.24, 2.45) is 11.8 Å². The summed E-state index contributed by atoms with van der Waals surface area (Å²) in [6.45, 7) is 0. The number of aliphatic hydroxyl groups is 3. The molecule has 0 aliphatic heterocycles. The van der Waals surface area contributed by atoms with Crippen LogP contribution in [-0.4, -0.2) is 44.7 Å². The van der Waals surface area contributed by atoms with E-state index in [0.29, 0.717) is 44.9 Å². The van der Waals surface area contributed by atoms with Gasteiger partial charge in [-0.2, -0.15) is 0 Å². The topological polar surface area (TPSA) is 98.0 Å². The Morgan fingerprint density at radius 3 is 2.50 bits per heavy atom. The van der Waals surface area contributed by atoms with Gasteiger partial charge in [-0.3, -0.25) is 4.79 Å². The zero-order chi connectivity index (χ0) is 20.4. The largest absolute Gasteiger partial charge is 0.481 e. The Kier molecular flexibility index (Phi) is 9.68. The molecule has 5 nitrogen and oxygen atoms in total. The first-order valence-electron chi connectivity index (χ1n) is 10.4. The van der Waals surface area contributed by atoms with E-state index >= 15 is 0 Å². The van der Waals surface area contributed by atoms with Gasteiger partial charge in [0, 0.05) is 6.42 Å². The van der Waals surface area contributed by atoms with Crippen LogP contribution in [-0.2, 0) is 11.2 Å². The number of hydrogen-bond donors (Lipinski definition) is 4. The molecule has 1 saturated carbocycles. The van der Waals surface area contributed by atoms with Crippen LogP contribution >= 0.6 is 0 Å². The number of aryl methyl sites for hydroxylation is 1. The second-order valence-corrected chi connectivity index (χ2v) is 7.95. The fourth-order valence-electron chi connectivity index (χ4n) is 4.16. The number of allylic oxidation sites excluding steroid dienone is 2. The minimum Gasteiger partial charge on any atom is -0.481 e. The minimum absolute atomic E-state index is 0.00736. The standard InChI is InChI=1S/C23H34O5/c24-18(13-12-17-8-4-3-5-9-17)14-15-20-19(21(25)16-22(20)26)10-6-1-2-7-11-23(27)28/h1,3-6,8-9,18-22,24-26H,2,7,10-16H2,(H,27,28)/t18-,19-,20-,21+,22-/m1/s1. The molecule has 0 unspecified atom stereocenters. The predicted molar refractivity (Wildman–Crippen MR) is 109 cm³/mol. The van der Waals surface area contributed by atoms with Crippen molar-refractivity contribution in [3.63, 3.8) is 0 Å². The first-order valence-corrected chi connectivity index (χ1v) is 10.4. The van der Waals surface area contributed by atoms with Gasteiger partial charge in [0.05, 0.1) is 18.3 Å². The van der Waals surface area contributed by atoms with Gasteiger partial charge < -0.3 is 20.4 Å². The summed E-state index contributed by atoms with van der Waals surface area (Å²) in [4.78, 5) is 10.5. The molecular weight excluding hydrogens is 356 g/mol. The fraction of sp³-hybridized carbons (Fsp3) is 0.609. The fourth-order valence-corrected chi connectivity index (χ4v) is 4.16. The van der Waals surface area contributed by atoms with Crippen LogP contribution in [0.1, 0.15) is 56.9 Å². The Balaban J connectivity index is 1.74. The van der Waals surface area contributed by atoms with E-state index in [2.05, 4.69) is 12.1 Å². The highest BCUT2D eigenvalue weighted by atomic mass is 16.4. The number of rotatable bonds is 12. The van der Waals surface area contributed by atoms with Gasteiger partial charge in [0.25, 0.3) is 0 Å². The van der Waals surface area contributed by atoms with Gasteiger partial charge in [-0.25, -0.2) is 0 Å². The van der Waals surface area contributed by atoms with Gasteiger partial charge >= 0.3 is 5.97 Å². The van der Waals surface area contributed by atoms with Crippen molar-refractivity contribution in [3.05, 3.63) is 48.0 Å². The summed E-state index contributed by atoms with van der Waals surface area (Å²) in [7, 11) is 0. The van der Waals surface area contributed by atoms with Crippen LogP contribution in [0.5, 0.6) is 0 Å². The van der Waals surface area contributed by atoms with Crippen molar-refractivity contribution >= 4 is 5.97 Å². The molecule has 5 heteroatoms. The molecule has 4 N–H and O–H groups in total. The van der Waals surface area contributed by atoms with E-state index in [4.69, 9.17) is 5.11 Å². The second kappa shape index (κ2) is 12.0. The number of benzene rings is 1. The Hall–Kier alpha value is -1.69. The van der Waals surface area contributed by atoms with Crippen LogP contribution in [0.4, 0.5) is 0 Å². The molecule has 0 spiro atoms. The zero-order valence-electron chi connectivity index (χ0n) is 16.5. The summed E-state index contributed by atoms with van der Waals surface area (Å²) in [5.74, 6) is -0.800. The van der Waals surface area contributed by atoms with E-state index in [1.807, 2.05) is 30.4 Å². The smallest absolute Gasteiger partial charge is 0.303 e. The summed E-state index contributed by atoms with van der Waals surface area (Å²) in [6, 6.07) is 10.1. The van der Waals surface area contributed by atoms with E-state index in [1.54, 1.807) is 0 Å². The normalized spacial score (nSPS) is 26.0. The molecule has 0 heterocycles. The third-order valence-corrected chi connectivity index (χ3v) is 5.80. The van der Waals surface area contributed by atoms with Gasteiger partial charge in [0.15, 0.2) is 0 Å². The van der Waals surface area contributed by atoms with E-state index in [0.717, 1.165) is 6.42 Å². The SMILES string of the molecule is O=C(O)CCCC=CC[C@@H]1[C@@H](CC[C@H](O)CCc2ccccc2)[C@H](O)C[C@@H]1O. The number of carboxylic acid groups (broad SMARTS) is 1. The van der Waals surface area contributed by atoms with Crippen molar-refractivity contribution in [3.8, 4) is 0 Å². The summed E-state index contributed by atoms with van der Waals surface area (Å²) in [5.41, 5.74) is 1.21. The molecule has 0 saturated heterocycles. The molecule has 5 atom stereocenters. The number of carbonyl (C=O) groups is 1. The molecule has 0 aromatic heterocycles. The number of unbranched alkanes of at least 4 members (excludes halogenated alkanes) is 1. The first kappa shape index (κ1) is 22.6. The summed E-state index contributed by atoms with van der Waals surface area (Å²) in [6.07, 6.45) is 7.91. The lowest BCUT2D eigenvalue weighted by atomic mass is 9.85. The van der Waals surface area contributed by atoms with E-state index in [9.17, 15) is 20.1 Å². The molecule has 2 rings (SSSR count). The van der Waals surface area contributed by atoms with Crippen molar-refractivity contribution < 1.29 is 25.2 Å². The zero-order valence-corrected chi connectivity index (χ0v) is 16.5. The third kappa shape index (κ3) is 7.74. The van der Waals surface area contributed by atoms with Gasteiger partial charge in [0.1, 0.15) is 0 Å². The molecule has 1 fully saturated rings. The number of hydrogen-bond acceptors (Lipinski definition) is 4. The van der Waals surface area contributed by atoms with Crippen LogP contribution in [0.25, 0.3) is 0 Å². The molecule has 1 aliphatic carbocycles. The lowest BCUT2D eigenvalue weighted by molar-refractivity contribution is -0.137. The average molecular weight is 391 g/mol. The lowest BCUT2D eigenvalue weighted by Gasteiger charge is -2.23. The van der Waals surface area contributed by atoms with Crippen molar-refractivity contribution in [1.82, 2.24) is 0 Å². The van der Waals surface area contributed by atoms with Crippen LogP contribution in [0.15, 0.2) is 42.5 Å². The molecule has 0 bridgehead atoms. The highest BCUT2D eigenvalue weighted by Gasteiger charge is 2.40. The Labute approximate surface area is 167 Å². The average Bonchev–Trinajstić information content (AvgIpc) is 2.94. The molecule has 28 heavy (non-hydrogen) atoms. The van der Waals surface area contributed by atoms with E-state index < -0.39 is 24.3 Å². The summed E-state index contributed by atoms with van der Waals surface area (Å²) < 4.78 is 0. The van der Waals surface area contributed by atoms with Crippen LogP contribution in [0.2, 0.25) is 0 Å². The molecule has 1 aromatic carbocycles. The van der Waals surface area contributed by atoms with Crippen molar-refractivity contribution in [2.75, 3.05) is 0 Å². The molecule has 156 valence electrons. The van der Waals surface area contributed by atoms with Crippen LogP contribution in [0.3, 0.4) is 0 Å². The Bertz CT molecular complexity index is 600. The number of aliphatic carboxylic acids is 1. The highest BCUT2D eigenvalue weighted by molar-refractivity contribution is 5.66. The molecule has 1 aliphatic rings. The summed E-state index contributed by atoms with van der Waals surface area (Å²) >= 11 is 0. The number of carboxylic acids is 1. The lowest BCUT2D eigenvalue weighted by Crippen LogP contribution is -2.23. The van der Waals surface area contributed by atoms with Crippen LogP contribution < -0.4 is 0 Å². The van der Waals surface area contributed by atoms with Crippen molar-refractivity contribution in [2.45, 2.75) is 76.1 Å². The van der Waals surface area contributed by atoms with Gasteiger partial charge in [-0.1, -0.05) is 42.5 Å². The van der Waals surface area contributed by atoms with Gasteiger partial charge in [0.2, 0.25) is 0 Å². The third-order valence-electron chi connectivity index (χ3n) is 5.80. The van der Waals surface area contributed by atoms with Crippen molar-refractivity contribution in [1.29, 1.82) is 0 Å². The maximum Gasteiger partial charge on any atom is 0.303 e. The van der Waals surface area contributed by atoms with Crippen LogP contribution in [0, 0.1) is 11.8 Å². The molecule has 0 amide bonds. The number of aliphatic hydroxyl groups excluding tert-OH is 3. The highest BCUT2D eigenvalue weighted by Crippen LogP contribution is 2.38. The maximum absolute atomic E-state index is 10.5. The minimum atomic E-state index is -0.784. The maximum atomic E-state index is 10.5. The van der Waals surface area contributed by atoms with Gasteiger partial charge in [-0.05, 0) is 68.8 Å². The van der Waals surface area contributed by atoms with E-state index in [1.165, 1.54) is 5.56 Å². The summed E-state index contributed by atoms with van der Waals surface area (Å²) in [5, 5.41) is 39.6. The monoisotopic (exact) mass is 390 g/mol. The Morgan fingerprint density at radius 1 is 1.07 bits per heavy atom. The Morgan fingerprint density at radius 2 is 1.79 bits per heavy atom. The quantitative estimate of drug-likeness (QED) is 0.324. The first-order chi connectivity index (χ1) is 13.5. The van der Waals surface area contributed by atoms with E-state index in [-0.39, 0.29) is 18.3 Å². The predicted octanol–water partition coefficient (Wildman–Crippen LogP) is 3.32. The molecule has 0 radical (unpaired) electrons. The van der Waals surface area contributed by atoms with Gasteiger partial charge in [-0.15, -0.1) is 0 Å². The molecular formula is C23H34O5. The molecule has 1 aromatic rings. The second-order valence-electron chi connectivity index (χ2n) is 7.95.